The van der Waals surface area contributed by atoms with Crippen LogP contribution in [0.2, 0.25) is 0 Å². The monoisotopic (exact) mass is 361 g/mol. The summed E-state index contributed by atoms with van der Waals surface area (Å²) in [6.45, 7) is 0. The number of rotatable bonds is 5. The topological polar surface area (TPSA) is 29.4 Å². The van der Waals surface area contributed by atoms with Gasteiger partial charge in [0.2, 0.25) is 6.08 Å². The number of hydrogen-bond donors (Lipinski definition) is 0. The minimum Gasteiger partial charge on any atom is -0.211 e. The van der Waals surface area contributed by atoms with Gasteiger partial charge >= 0.3 is 0 Å². The highest BCUT2D eigenvalue weighted by molar-refractivity contribution is 5.68. The second kappa shape index (κ2) is 7.87. The molecule has 0 heterocycles. The van der Waals surface area contributed by atoms with Crippen LogP contribution in [0.3, 0.4) is 0 Å². The molecule has 2 nitrogen and oxygen atoms in total. The molecule has 0 amide bonds. The number of hydrogen-bond acceptors (Lipinski definition) is 2. The fourth-order valence-corrected chi connectivity index (χ4v) is 3.97. The van der Waals surface area contributed by atoms with Crippen molar-refractivity contribution in [3.8, 4) is 0 Å². The van der Waals surface area contributed by atoms with Crippen LogP contribution in [0.25, 0.3) is 0 Å². The third-order valence-electron chi connectivity index (χ3n) is 5.09. The average molecular weight is 361 g/mol. The molecular formula is C26H19NO. The molecule has 134 valence electrons. The van der Waals surface area contributed by atoms with Crippen molar-refractivity contribution < 1.29 is 4.79 Å². The molecule has 0 radical (unpaired) electrons. The molecule has 0 fully saturated rings. The average Bonchev–Trinajstić information content (AvgIpc) is 2.78. The maximum Gasteiger partial charge on any atom is 0.240 e. The van der Waals surface area contributed by atoms with Crippen molar-refractivity contribution in [3.63, 3.8) is 0 Å². The number of carbonyl (C=O) groups excluding carboxylic acids is 1. The van der Waals surface area contributed by atoms with E-state index >= 15 is 0 Å². The van der Waals surface area contributed by atoms with Crippen molar-refractivity contribution >= 4 is 11.8 Å². The van der Waals surface area contributed by atoms with Crippen LogP contribution in [-0.2, 0) is 10.2 Å². The van der Waals surface area contributed by atoms with E-state index in [4.69, 9.17) is 0 Å². The van der Waals surface area contributed by atoms with Gasteiger partial charge in [0.1, 0.15) is 0 Å². The van der Waals surface area contributed by atoms with E-state index < -0.39 is 5.41 Å². The second-order valence-corrected chi connectivity index (χ2v) is 6.57. The first-order chi connectivity index (χ1) is 13.9. The van der Waals surface area contributed by atoms with E-state index in [1.54, 1.807) is 6.08 Å². The molecule has 0 N–H and O–H groups in total. The number of para-hydroxylation sites is 1. The van der Waals surface area contributed by atoms with E-state index in [1.165, 1.54) is 0 Å². The third-order valence-corrected chi connectivity index (χ3v) is 5.09. The van der Waals surface area contributed by atoms with Gasteiger partial charge in [0.05, 0.1) is 11.1 Å². The highest BCUT2D eigenvalue weighted by atomic mass is 16.1. The van der Waals surface area contributed by atoms with Crippen LogP contribution in [0, 0.1) is 0 Å². The predicted octanol–water partition coefficient (Wildman–Crippen LogP) is 6.04. The van der Waals surface area contributed by atoms with Gasteiger partial charge < -0.3 is 0 Å². The lowest BCUT2D eigenvalue weighted by molar-refractivity contribution is 0.565. The molecule has 4 aromatic rings. The Morgan fingerprint density at radius 1 is 0.536 bits per heavy atom. The van der Waals surface area contributed by atoms with Crippen LogP contribution >= 0.6 is 0 Å². The molecule has 0 aromatic heterocycles. The van der Waals surface area contributed by atoms with Crippen LogP contribution in [0.1, 0.15) is 22.3 Å². The van der Waals surface area contributed by atoms with Crippen molar-refractivity contribution in [1.82, 2.24) is 0 Å². The molecule has 28 heavy (non-hydrogen) atoms. The summed E-state index contributed by atoms with van der Waals surface area (Å²) in [5.41, 5.74) is 4.29. The molecule has 0 aliphatic carbocycles. The molecule has 0 aliphatic rings. The predicted molar refractivity (Wildman–Crippen MR) is 113 cm³/mol. The Hall–Kier alpha value is -3.74. The molecule has 2 heteroatoms. The quantitative estimate of drug-likeness (QED) is 0.242. The minimum atomic E-state index is -0.610. The van der Waals surface area contributed by atoms with Gasteiger partial charge in [-0.1, -0.05) is 109 Å². The first kappa shape index (κ1) is 17.7. The molecule has 0 atom stereocenters. The van der Waals surface area contributed by atoms with Gasteiger partial charge in [-0.15, -0.1) is 0 Å². The van der Waals surface area contributed by atoms with E-state index in [0.717, 1.165) is 22.3 Å². The summed E-state index contributed by atoms with van der Waals surface area (Å²) < 4.78 is 0. The second-order valence-electron chi connectivity index (χ2n) is 6.57. The summed E-state index contributed by atoms with van der Waals surface area (Å²) in [7, 11) is 0. The van der Waals surface area contributed by atoms with Crippen LogP contribution in [0.4, 0.5) is 5.69 Å². The lowest BCUT2D eigenvalue weighted by Gasteiger charge is -2.37. The molecule has 0 bridgehead atoms. The van der Waals surface area contributed by atoms with E-state index in [2.05, 4.69) is 41.4 Å². The molecule has 4 rings (SSSR count). The minimum absolute atomic E-state index is 0.610. The number of nitrogens with zero attached hydrogens (tertiary/aromatic N) is 1. The first-order valence-corrected chi connectivity index (χ1v) is 9.21. The van der Waals surface area contributed by atoms with Crippen molar-refractivity contribution in [2.75, 3.05) is 0 Å². The van der Waals surface area contributed by atoms with E-state index in [1.807, 2.05) is 78.9 Å². The largest absolute Gasteiger partial charge is 0.240 e. The molecule has 0 unspecified atom stereocenters. The lowest BCUT2D eigenvalue weighted by Crippen LogP contribution is -2.31. The highest BCUT2D eigenvalue weighted by Gasteiger charge is 2.39. The first-order valence-electron chi connectivity index (χ1n) is 9.21. The summed E-state index contributed by atoms with van der Waals surface area (Å²) in [5.74, 6) is 0. The van der Waals surface area contributed by atoms with Crippen molar-refractivity contribution in [1.29, 1.82) is 0 Å². The van der Waals surface area contributed by atoms with Crippen LogP contribution in [0.5, 0.6) is 0 Å². The van der Waals surface area contributed by atoms with Gasteiger partial charge in [-0.2, -0.15) is 4.99 Å². The molecule has 0 saturated heterocycles. The zero-order chi connectivity index (χ0) is 19.2. The molecule has 0 aliphatic heterocycles. The Morgan fingerprint density at radius 2 is 0.929 bits per heavy atom. The van der Waals surface area contributed by atoms with Crippen molar-refractivity contribution in [2.45, 2.75) is 5.41 Å². The third kappa shape index (κ3) is 2.96. The number of aliphatic imine (C=N–C) groups is 1. The summed E-state index contributed by atoms with van der Waals surface area (Å²) >= 11 is 0. The molecule has 0 saturated carbocycles. The molecule has 4 aromatic carbocycles. The SMILES string of the molecule is O=C=Nc1ccccc1C(c1ccccc1)(c1ccccc1)c1ccccc1. The lowest BCUT2D eigenvalue weighted by atomic mass is 9.64. The molecule has 0 spiro atoms. The highest BCUT2D eigenvalue weighted by Crippen LogP contribution is 2.47. The zero-order valence-electron chi connectivity index (χ0n) is 15.3. The van der Waals surface area contributed by atoms with Gasteiger partial charge in [0, 0.05) is 0 Å². The Kier molecular flexibility index (Phi) is 4.97. The summed E-state index contributed by atoms with van der Waals surface area (Å²) in [6, 6.07) is 38.9. The number of benzene rings is 4. The summed E-state index contributed by atoms with van der Waals surface area (Å²) in [5, 5.41) is 0. The summed E-state index contributed by atoms with van der Waals surface area (Å²) in [6.07, 6.45) is 1.73. The van der Waals surface area contributed by atoms with Gasteiger partial charge in [-0.3, -0.25) is 0 Å². The Morgan fingerprint density at radius 3 is 1.36 bits per heavy atom. The normalized spacial score (nSPS) is 10.9. The fourth-order valence-electron chi connectivity index (χ4n) is 3.97. The van der Waals surface area contributed by atoms with Crippen LogP contribution in [0.15, 0.2) is 120 Å². The van der Waals surface area contributed by atoms with Crippen LogP contribution in [-0.4, -0.2) is 6.08 Å². The summed E-state index contributed by atoms with van der Waals surface area (Å²) in [4.78, 5) is 15.2. The van der Waals surface area contributed by atoms with Gasteiger partial charge in [0.15, 0.2) is 0 Å². The maximum absolute atomic E-state index is 11.2. The van der Waals surface area contributed by atoms with Crippen LogP contribution < -0.4 is 0 Å². The van der Waals surface area contributed by atoms with Crippen molar-refractivity contribution in [2.24, 2.45) is 4.99 Å². The zero-order valence-corrected chi connectivity index (χ0v) is 15.3. The van der Waals surface area contributed by atoms with E-state index in [9.17, 15) is 4.79 Å². The van der Waals surface area contributed by atoms with Gasteiger partial charge in [-0.05, 0) is 28.3 Å². The maximum atomic E-state index is 11.2. The smallest absolute Gasteiger partial charge is 0.211 e. The van der Waals surface area contributed by atoms with Gasteiger partial charge in [0.25, 0.3) is 0 Å². The standard InChI is InChI=1S/C26H19NO/c28-20-27-25-19-11-10-18-24(25)26(21-12-4-1-5-13-21,22-14-6-2-7-15-22)23-16-8-3-9-17-23/h1-19H. The number of isocyanates is 1. The van der Waals surface area contributed by atoms with E-state index in [-0.39, 0.29) is 0 Å². The van der Waals surface area contributed by atoms with Crippen molar-refractivity contribution in [3.05, 3.63) is 138 Å². The Labute approximate surface area is 164 Å². The Balaban J connectivity index is 2.19. The van der Waals surface area contributed by atoms with E-state index in [0.29, 0.717) is 5.69 Å². The Bertz CT molecular complexity index is 1000. The molecular weight excluding hydrogens is 342 g/mol. The van der Waals surface area contributed by atoms with Gasteiger partial charge in [-0.25, -0.2) is 4.79 Å². The fraction of sp³-hybridized carbons (Fsp3) is 0.0385.